The highest BCUT2D eigenvalue weighted by Crippen LogP contribution is 2.31. The molecule has 0 saturated heterocycles. The van der Waals surface area contributed by atoms with Crippen LogP contribution in [0.3, 0.4) is 0 Å². The zero-order chi connectivity index (χ0) is 23.9. The first-order valence-electron chi connectivity index (χ1n) is 13.2. The van der Waals surface area contributed by atoms with Gasteiger partial charge >= 0.3 is 0 Å². The number of halogens is 1. The summed E-state index contributed by atoms with van der Waals surface area (Å²) in [5.74, 6) is 0. The Morgan fingerprint density at radius 1 is 1.03 bits per heavy atom. The summed E-state index contributed by atoms with van der Waals surface area (Å²) in [4.78, 5) is 4.93. The van der Waals surface area contributed by atoms with Gasteiger partial charge in [0.25, 0.3) is 0 Å². The maximum Gasteiger partial charge on any atom is 0.173 e. The highest BCUT2D eigenvalue weighted by atomic mass is 35.5. The van der Waals surface area contributed by atoms with Crippen molar-refractivity contribution in [3.63, 3.8) is 0 Å². The molecule has 0 amide bonds. The van der Waals surface area contributed by atoms with Crippen molar-refractivity contribution in [1.29, 1.82) is 0 Å². The van der Waals surface area contributed by atoms with Crippen molar-refractivity contribution in [2.45, 2.75) is 89.8 Å². The first-order valence-corrected chi connectivity index (χ1v) is 14.0. The molecule has 4 nitrogen and oxygen atoms in total. The molecule has 186 valence electrons. The van der Waals surface area contributed by atoms with Crippen LogP contribution in [0, 0.1) is 6.92 Å². The van der Waals surface area contributed by atoms with E-state index in [0.29, 0.717) is 6.04 Å². The van der Waals surface area contributed by atoms with Crippen LogP contribution in [0.5, 0.6) is 0 Å². The van der Waals surface area contributed by atoms with Crippen LogP contribution in [0.2, 0.25) is 5.02 Å². The normalized spacial score (nSPS) is 17.4. The fourth-order valence-corrected chi connectivity index (χ4v) is 6.14. The molecule has 1 aromatic heterocycles. The van der Waals surface area contributed by atoms with Gasteiger partial charge in [0, 0.05) is 41.2 Å². The highest BCUT2D eigenvalue weighted by Gasteiger charge is 2.22. The van der Waals surface area contributed by atoms with Crippen LogP contribution in [-0.4, -0.2) is 45.7 Å². The summed E-state index contributed by atoms with van der Waals surface area (Å²) in [6, 6.07) is 11.8. The van der Waals surface area contributed by atoms with Crippen molar-refractivity contribution < 1.29 is 0 Å². The predicted octanol–water partition coefficient (Wildman–Crippen LogP) is 7.42. The molecule has 0 radical (unpaired) electrons. The molecule has 34 heavy (non-hydrogen) atoms. The summed E-state index contributed by atoms with van der Waals surface area (Å²) in [7, 11) is 2.30. The summed E-state index contributed by atoms with van der Waals surface area (Å²) in [5.41, 5.74) is 3.39. The van der Waals surface area contributed by atoms with E-state index in [1.165, 1.54) is 63.5 Å². The lowest BCUT2D eigenvalue weighted by molar-refractivity contribution is 0.185. The molecule has 0 bridgehead atoms. The third-order valence-electron chi connectivity index (χ3n) is 7.87. The van der Waals surface area contributed by atoms with Gasteiger partial charge in [0.15, 0.2) is 5.11 Å². The molecule has 1 aromatic carbocycles. The molecule has 2 aliphatic rings. The number of aromatic nitrogens is 1. The third-order valence-corrected chi connectivity index (χ3v) is 8.64. The second-order valence-electron chi connectivity index (χ2n) is 10.2. The molecule has 2 saturated carbocycles. The Bertz CT molecular complexity index is 930. The Kier molecular flexibility index (Phi) is 9.32. The number of benzene rings is 1. The predicted molar refractivity (Wildman–Crippen MR) is 149 cm³/mol. The molecule has 0 atom stereocenters. The molecule has 2 fully saturated rings. The van der Waals surface area contributed by atoms with Crippen LogP contribution in [0.1, 0.15) is 81.5 Å². The van der Waals surface area contributed by atoms with Crippen molar-refractivity contribution in [3.8, 4) is 0 Å². The Morgan fingerprint density at radius 2 is 1.76 bits per heavy atom. The van der Waals surface area contributed by atoms with Crippen LogP contribution >= 0.6 is 23.8 Å². The Hall–Kier alpha value is -1.56. The average Bonchev–Trinajstić information content (AvgIpc) is 3.53. The lowest BCUT2D eigenvalue weighted by atomic mass is 9.94. The van der Waals surface area contributed by atoms with Gasteiger partial charge in [-0.25, -0.2) is 0 Å². The SMILES string of the molecule is Cc1c(Cl)cccc1NC(=S)N(CCCN(C)C1CCCCC1)Cc1cccn1C1CCCC1. The van der Waals surface area contributed by atoms with E-state index in [0.717, 1.165) is 53.5 Å². The summed E-state index contributed by atoms with van der Waals surface area (Å²) in [6.07, 6.45) is 15.5. The van der Waals surface area contributed by atoms with Crippen molar-refractivity contribution >= 4 is 34.6 Å². The van der Waals surface area contributed by atoms with E-state index in [9.17, 15) is 0 Å². The lowest BCUT2D eigenvalue weighted by Crippen LogP contribution is -2.39. The lowest BCUT2D eigenvalue weighted by Gasteiger charge is -2.32. The zero-order valence-electron chi connectivity index (χ0n) is 20.9. The van der Waals surface area contributed by atoms with Gasteiger partial charge in [-0.3, -0.25) is 0 Å². The van der Waals surface area contributed by atoms with Gasteiger partial charge in [-0.2, -0.15) is 0 Å². The van der Waals surface area contributed by atoms with E-state index in [4.69, 9.17) is 23.8 Å². The van der Waals surface area contributed by atoms with Crippen molar-refractivity contribution in [2.24, 2.45) is 0 Å². The van der Waals surface area contributed by atoms with Crippen LogP contribution in [0.25, 0.3) is 0 Å². The number of anilines is 1. The molecule has 0 unspecified atom stereocenters. The van der Waals surface area contributed by atoms with E-state index in [1.54, 1.807) is 0 Å². The largest absolute Gasteiger partial charge is 0.347 e. The second-order valence-corrected chi connectivity index (χ2v) is 11.0. The summed E-state index contributed by atoms with van der Waals surface area (Å²) in [6.45, 7) is 4.94. The number of hydrogen-bond donors (Lipinski definition) is 1. The molecule has 2 aliphatic carbocycles. The van der Waals surface area contributed by atoms with Crippen LogP contribution in [0.4, 0.5) is 5.69 Å². The maximum atomic E-state index is 6.37. The van der Waals surface area contributed by atoms with E-state index in [-0.39, 0.29) is 0 Å². The second kappa shape index (κ2) is 12.4. The first kappa shape index (κ1) is 25.5. The van der Waals surface area contributed by atoms with Gasteiger partial charge < -0.3 is 19.7 Å². The molecule has 0 spiro atoms. The summed E-state index contributed by atoms with van der Waals surface area (Å²) in [5, 5.41) is 5.05. The number of nitrogens with one attached hydrogen (secondary N) is 1. The maximum absolute atomic E-state index is 6.37. The number of rotatable bonds is 9. The van der Waals surface area contributed by atoms with Crippen LogP contribution < -0.4 is 5.32 Å². The fourth-order valence-electron chi connectivity index (χ4n) is 5.70. The van der Waals surface area contributed by atoms with Crippen molar-refractivity contribution in [1.82, 2.24) is 14.4 Å². The molecule has 0 aliphatic heterocycles. The van der Waals surface area contributed by atoms with Gasteiger partial charge in [-0.05, 0) is 94.7 Å². The Labute approximate surface area is 216 Å². The minimum absolute atomic E-state index is 0.640. The van der Waals surface area contributed by atoms with Gasteiger partial charge in [0.1, 0.15) is 0 Å². The first-order chi connectivity index (χ1) is 16.5. The van der Waals surface area contributed by atoms with Gasteiger partial charge in [0.05, 0.1) is 6.54 Å². The van der Waals surface area contributed by atoms with Crippen molar-refractivity contribution in [2.75, 3.05) is 25.5 Å². The monoisotopic (exact) mass is 500 g/mol. The van der Waals surface area contributed by atoms with E-state index in [1.807, 2.05) is 19.1 Å². The molecule has 4 rings (SSSR count). The van der Waals surface area contributed by atoms with Gasteiger partial charge in [-0.1, -0.05) is 49.8 Å². The van der Waals surface area contributed by atoms with E-state index < -0.39 is 0 Å². The van der Waals surface area contributed by atoms with Gasteiger partial charge in [-0.15, -0.1) is 0 Å². The van der Waals surface area contributed by atoms with Gasteiger partial charge in [0.2, 0.25) is 0 Å². The topological polar surface area (TPSA) is 23.4 Å². The number of hydrogen-bond acceptors (Lipinski definition) is 2. The fraction of sp³-hybridized carbons (Fsp3) is 0.607. The minimum atomic E-state index is 0.640. The van der Waals surface area contributed by atoms with Crippen LogP contribution in [0.15, 0.2) is 36.5 Å². The molecular weight excluding hydrogens is 460 g/mol. The number of nitrogens with zero attached hydrogens (tertiary/aromatic N) is 3. The smallest absolute Gasteiger partial charge is 0.173 e. The standard InChI is InChI=1S/C28H41ClN4S/c1-22-26(29)16-8-17-27(22)30-28(34)32(19-10-18-31(2)23-11-4-3-5-12-23)21-25-15-9-20-33(25)24-13-6-7-14-24/h8-9,15-17,20,23-24H,3-7,10-14,18-19,21H2,1-2H3,(H,30,34). The third kappa shape index (κ3) is 6.56. The molecule has 1 heterocycles. The summed E-state index contributed by atoms with van der Waals surface area (Å²) < 4.78 is 2.50. The molecule has 1 N–H and O–H groups in total. The van der Waals surface area contributed by atoms with E-state index in [2.05, 4.69) is 51.1 Å². The van der Waals surface area contributed by atoms with Crippen molar-refractivity contribution in [3.05, 3.63) is 52.8 Å². The molecule has 2 aromatic rings. The highest BCUT2D eigenvalue weighted by molar-refractivity contribution is 7.80. The molecule has 6 heteroatoms. The average molecular weight is 501 g/mol. The van der Waals surface area contributed by atoms with E-state index >= 15 is 0 Å². The molecular formula is C28H41ClN4S. The quantitative estimate of drug-likeness (QED) is 0.362. The minimum Gasteiger partial charge on any atom is -0.347 e. The Morgan fingerprint density at radius 3 is 2.53 bits per heavy atom. The number of thiocarbonyl (C=S) groups is 1. The van der Waals surface area contributed by atoms with Crippen LogP contribution in [-0.2, 0) is 6.54 Å². The Balaban J connectivity index is 1.43. The zero-order valence-corrected chi connectivity index (χ0v) is 22.5. The summed E-state index contributed by atoms with van der Waals surface area (Å²) >= 11 is 12.3.